The molecule has 1 aromatic rings. The van der Waals surface area contributed by atoms with Gasteiger partial charge in [-0.15, -0.1) is 10.2 Å². The van der Waals surface area contributed by atoms with Crippen molar-refractivity contribution in [2.24, 2.45) is 0 Å². The van der Waals surface area contributed by atoms with Crippen molar-refractivity contribution in [3.8, 4) is 0 Å². The van der Waals surface area contributed by atoms with E-state index in [1.807, 2.05) is 0 Å². The SMILES string of the molecule is CCc1nnc(CBr)n1C1CC1. The highest BCUT2D eigenvalue weighted by Crippen LogP contribution is 2.36. The Morgan fingerprint density at radius 2 is 2.08 bits per heavy atom. The Labute approximate surface area is 80.3 Å². The molecule has 0 radical (unpaired) electrons. The number of aryl methyl sites for hydroxylation is 1. The Morgan fingerprint density at radius 3 is 2.58 bits per heavy atom. The number of hydrogen-bond donors (Lipinski definition) is 0. The van der Waals surface area contributed by atoms with Crippen molar-refractivity contribution in [1.29, 1.82) is 0 Å². The van der Waals surface area contributed by atoms with Crippen LogP contribution in [0, 0.1) is 0 Å². The Bertz CT molecular complexity index is 256. The lowest BCUT2D eigenvalue weighted by molar-refractivity contribution is 0.666. The van der Waals surface area contributed by atoms with E-state index in [0.717, 1.165) is 23.4 Å². The van der Waals surface area contributed by atoms with Crippen LogP contribution in [0.3, 0.4) is 0 Å². The van der Waals surface area contributed by atoms with Crippen molar-refractivity contribution in [3.05, 3.63) is 11.6 Å². The van der Waals surface area contributed by atoms with E-state index in [1.54, 1.807) is 0 Å². The zero-order chi connectivity index (χ0) is 8.55. The maximum Gasteiger partial charge on any atom is 0.143 e. The maximum atomic E-state index is 4.15. The quantitative estimate of drug-likeness (QED) is 0.744. The molecule has 66 valence electrons. The van der Waals surface area contributed by atoms with Crippen LogP contribution in [0.5, 0.6) is 0 Å². The van der Waals surface area contributed by atoms with Gasteiger partial charge in [0, 0.05) is 12.5 Å². The van der Waals surface area contributed by atoms with Gasteiger partial charge in [0.1, 0.15) is 11.6 Å². The predicted octanol–water partition coefficient (Wildman–Crippen LogP) is 2.07. The summed E-state index contributed by atoms with van der Waals surface area (Å²) in [5.74, 6) is 2.21. The van der Waals surface area contributed by atoms with E-state index in [1.165, 1.54) is 12.8 Å². The summed E-state index contributed by atoms with van der Waals surface area (Å²) in [6, 6.07) is 0.697. The molecule has 0 aliphatic heterocycles. The standard InChI is InChI=1S/C8H12BrN3/c1-2-7-10-11-8(5-9)12(7)6-3-4-6/h6H,2-5H2,1H3. The number of hydrogen-bond acceptors (Lipinski definition) is 2. The van der Waals surface area contributed by atoms with E-state index >= 15 is 0 Å². The van der Waals surface area contributed by atoms with Crippen molar-refractivity contribution < 1.29 is 0 Å². The Morgan fingerprint density at radius 1 is 1.42 bits per heavy atom. The van der Waals surface area contributed by atoms with Gasteiger partial charge in [-0.1, -0.05) is 22.9 Å². The first kappa shape index (κ1) is 8.23. The van der Waals surface area contributed by atoms with Crippen LogP contribution in [-0.4, -0.2) is 14.8 Å². The summed E-state index contributed by atoms with van der Waals surface area (Å²) < 4.78 is 2.29. The lowest BCUT2D eigenvalue weighted by Crippen LogP contribution is -2.03. The molecular weight excluding hydrogens is 218 g/mol. The van der Waals surface area contributed by atoms with E-state index in [-0.39, 0.29) is 0 Å². The first-order valence-corrected chi connectivity index (χ1v) is 5.47. The van der Waals surface area contributed by atoms with Crippen LogP contribution >= 0.6 is 15.9 Å². The Kier molecular flexibility index (Phi) is 2.17. The van der Waals surface area contributed by atoms with Crippen LogP contribution in [0.15, 0.2) is 0 Å². The van der Waals surface area contributed by atoms with Gasteiger partial charge in [0.25, 0.3) is 0 Å². The van der Waals surface area contributed by atoms with E-state index in [0.29, 0.717) is 6.04 Å². The molecular formula is C8H12BrN3. The molecule has 0 saturated heterocycles. The molecule has 0 unspecified atom stereocenters. The van der Waals surface area contributed by atoms with Crippen LogP contribution in [0.2, 0.25) is 0 Å². The van der Waals surface area contributed by atoms with Crippen LogP contribution < -0.4 is 0 Å². The second-order valence-corrected chi connectivity index (χ2v) is 3.68. The molecule has 12 heavy (non-hydrogen) atoms. The summed E-state index contributed by atoms with van der Waals surface area (Å²) in [6.45, 7) is 2.13. The molecule has 1 saturated carbocycles. The molecule has 1 aliphatic rings. The van der Waals surface area contributed by atoms with Crippen LogP contribution in [0.4, 0.5) is 0 Å². The lowest BCUT2D eigenvalue weighted by Gasteiger charge is -2.04. The maximum absolute atomic E-state index is 4.15. The molecule has 0 aromatic carbocycles. The number of nitrogens with zero attached hydrogens (tertiary/aromatic N) is 3. The minimum absolute atomic E-state index is 0.697. The molecule has 2 rings (SSSR count). The molecule has 4 heteroatoms. The number of halogens is 1. The summed E-state index contributed by atoms with van der Waals surface area (Å²) in [6.07, 6.45) is 3.58. The molecule has 0 bridgehead atoms. The first-order chi connectivity index (χ1) is 5.86. The molecule has 0 N–H and O–H groups in total. The fourth-order valence-corrected chi connectivity index (χ4v) is 1.83. The molecule has 1 heterocycles. The average molecular weight is 230 g/mol. The van der Waals surface area contributed by atoms with E-state index in [2.05, 4.69) is 37.6 Å². The lowest BCUT2D eigenvalue weighted by atomic mass is 10.4. The molecule has 0 amide bonds. The van der Waals surface area contributed by atoms with Gasteiger partial charge in [0.2, 0.25) is 0 Å². The largest absolute Gasteiger partial charge is 0.311 e. The minimum atomic E-state index is 0.697. The molecule has 1 fully saturated rings. The molecule has 0 spiro atoms. The summed E-state index contributed by atoms with van der Waals surface area (Å²) in [5, 5.41) is 9.10. The highest BCUT2D eigenvalue weighted by atomic mass is 79.9. The van der Waals surface area contributed by atoms with Gasteiger partial charge in [-0.2, -0.15) is 0 Å². The van der Waals surface area contributed by atoms with Gasteiger partial charge in [-0.05, 0) is 12.8 Å². The summed E-state index contributed by atoms with van der Waals surface area (Å²) >= 11 is 3.42. The number of aromatic nitrogens is 3. The van der Waals surface area contributed by atoms with Crippen molar-refractivity contribution in [2.75, 3.05) is 0 Å². The van der Waals surface area contributed by atoms with Crippen LogP contribution in [-0.2, 0) is 11.8 Å². The van der Waals surface area contributed by atoms with Gasteiger partial charge in [0.15, 0.2) is 0 Å². The second kappa shape index (κ2) is 3.17. The van der Waals surface area contributed by atoms with Crippen molar-refractivity contribution in [2.45, 2.75) is 37.6 Å². The third-order valence-electron chi connectivity index (χ3n) is 2.18. The number of alkyl halides is 1. The number of rotatable bonds is 3. The first-order valence-electron chi connectivity index (χ1n) is 4.35. The van der Waals surface area contributed by atoms with E-state index < -0.39 is 0 Å². The van der Waals surface area contributed by atoms with Gasteiger partial charge in [-0.25, -0.2) is 0 Å². The van der Waals surface area contributed by atoms with E-state index in [4.69, 9.17) is 0 Å². The fraction of sp³-hybridized carbons (Fsp3) is 0.750. The summed E-state index contributed by atoms with van der Waals surface area (Å²) in [7, 11) is 0. The summed E-state index contributed by atoms with van der Waals surface area (Å²) in [4.78, 5) is 0. The summed E-state index contributed by atoms with van der Waals surface area (Å²) in [5.41, 5.74) is 0. The smallest absolute Gasteiger partial charge is 0.143 e. The van der Waals surface area contributed by atoms with Crippen LogP contribution in [0.1, 0.15) is 37.5 Å². The van der Waals surface area contributed by atoms with Crippen molar-refractivity contribution >= 4 is 15.9 Å². The third kappa shape index (κ3) is 1.28. The zero-order valence-corrected chi connectivity index (χ0v) is 8.71. The highest BCUT2D eigenvalue weighted by molar-refractivity contribution is 9.08. The van der Waals surface area contributed by atoms with Crippen LogP contribution in [0.25, 0.3) is 0 Å². The average Bonchev–Trinajstić information content (AvgIpc) is 2.85. The normalized spacial score (nSPS) is 16.8. The Balaban J connectivity index is 2.36. The predicted molar refractivity (Wildman–Crippen MR) is 50.3 cm³/mol. The molecule has 1 aromatic heterocycles. The van der Waals surface area contributed by atoms with Gasteiger partial charge < -0.3 is 4.57 Å². The third-order valence-corrected chi connectivity index (χ3v) is 2.69. The zero-order valence-electron chi connectivity index (χ0n) is 7.13. The van der Waals surface area contributed by atoms with Gasteiger partial charge in [-0.3, -0.25) is 0 Å². The van der Waals surface area contributed by atoms with Crippen molar-refractivity contribution in [3.63, 3.8) is 0 Å². The minimum Gasteiger partial charge on any atom is -0.311 e. The topological polar surface area (TPSA) is 30.7 Å². The van der Waals surface area contributed by atoms with Gasteiger partial charge >= 0.3 is 0 Å². The molecule has 0 atom stereocenters. The second-order valence-electron chi connectivity index (χ2n) is 3.12. The Hall–Kier alpha value is -0.380. The monoisotopic (exact) mass is 229 g/mol. The van der Waals surface area contributed by atoms with Gasteiger partial charge in [0.05, 0.1) is 5.33 Å². The van der Waals surface area contributed by atoms with E-state index in [9.17, 15) is 0 Å². The fourth-order valence-electron chi connectivity index (χ4n) is 1.45. The molecule has 1 aliphatic carbocycles. The van der Waals surface area contributed by atoms with Crippen molar-refractivity contribution in [1.82, 2.24) is 14.8 Å². The highest BCUT2D eigenvalue weighted by Gasteiger charge is 2.28. The molecule has 3 nitrogen and oxygen atoms in total.